The van der Waals surface area contributed by atoms with Crippen molar-refractivity contribution in [2.75, 3.05) is 31.6 Å². The van der Waals surface area contributed by atoms with Crippen LogP contribution in [0.25, 0.3) is 11.4 Å². The van der Waals surface area contributed by atoms with Crippen LogP contribution in [0.1, 0.15) is 56.0 Å². The Labute approximate surface area is 231 Å². The molecule has 2 atom stereocenters. The fourth-order valence-electron chi connectivity index (χ4n) is 5.03. The molecule has 0 saturated carbocycles. The minimum atomic E-state index is -0.320. The summed E-state index contributed by atoms with van der Waals surface area (Å²) in [7, 11) is 1.59. The van der Waals surface area contributed by atoms with Gasteiger partial charge >= 0.3 is 0 Å². The number of benzene rings is 1. The van der Waals surface area contributed by atoms with E-state index in [0.717, 1.165) is 34.0 Å². The van der Waals surface area contributed by atoms with E-state index in [1.54, 1.807) is 13.3 Å². The van der Waals surface area contributed by atoms with E-state index in [9.17, 15) is 4.79 Å². The fraction of sp³-hybridized carbons (Fsp3) is 0.467. The van der Waals surface area contributed by atoms with E-state index in [1.165, 1.54) is 5.56 Å². The van der Waals surface area contributed by atoms with E-state index in [1.807, 2.05) is 19.1 Å². The number of ether oxygens (including phenoxy) is 2. The largest absolute Gasteiger partial charge is 0.488 e. The molecular weight excluding hydrogens is 492 g/mol. The van der Waals surface area contributed by atoms with Gasteiger partial charge in [-0.05, 0) is 62.9 Å². The van der Waals surface area contributed by atoms with Crippen molar-refractivity contribution in [3.05, 3.63) is 58.9 Å². The first-order valence-corrected chi connectivity index (χ1v) is 13.5. The standard InChI is InChI=1S/C30H40N6O3/c1-18(2)23-11-10-19(3)26(13-23)39-17-25-22(6)33-28(24-9-8-12-32-30(24)38-7)34-29(25)36-15-20(4)35(14-21(36)5)16-27(31)37/h8-13,18,20-21H,14-17H2,1-7H3,(H2,31,37)/t20-,21+/m1/s1. The van der Waals surface area contributed by atoms with Gasteiger partial charge in [-0.1, -0.05) is 26.0 Å². The topological polar surface area (TPSA) is 107 Å². The number of hydrogen-bond acceptors (Lipinski definition) is 8. The number of hydrogen-bond donors (Lipinski definition) is 1. The third kappa shape index (κ3) is 6.30. The molecule has 4 rings (SSSR count). The highest BCUT2D eigenvalue weighted by atomic mass is 16.5. The Morgan fingerprint density at radius 2 is 1.90 bits per heavy atom. The third-order valence-electron chi connectivity index (χ3n) is 7.39. The molecular formula is C30H40N6O3. The van der Waals surface area contributed by atoms with Gasteiger partial charge in [-0.15, -0.1) is 0 Å². The molecule has 0 spiro atoms. The number of carbonyl (C=O) groups excluding carboxylic acids is 1. The second kappa shape index (κ2) is 12.0. The number of aromatic nitrogens is 3. The first-order valence-electron chi connectivity index (χ1n) is 13.5. The van der Waals surface area contributed by atoms with Crippen molar-refractivity contribution in [3.8, 4) is 23.0 Å². The molecule has 0 radical (unpaired) electrons. The van der Waals surface area contributed by atoms with E-state index in [-0.39, 0.29) is 24.5 Å². The van der Waals surface area contributed by atoms with Gasteiger partial charge in [0.2, 0.25) is 11.8 Å². The monoisotopic (exact) mass is 532 g/mol. The lowest BCUT2D eigenvalue weighted by atomic mass is 10.0. The average molecular weight is 533 g/mol. The van der Waals surface area contributed by atoms with Gasteiger partial charge in [0.25, 0.3) is 0 Å². The predicted octanol–water partition coefficient (Wildman–Crippen LogP) is 4.25. The molecule has 1 saturated heterocycles. The summed E-state index contributed by atoms with van der Waals surface area (Å²) in [6.45, 7) is 14.6. The number of nitrogens with two attached hydrogens (primary N) is 1. The van der Waals surface area contributed by atoms with Crippen LogP contribution in [0.4, 0.5) is 5.82 Å². The van der Waals surface area contributed by atoms with E-state index in [4.69, 9.17) is 25.2 Å². The Morgan fingerprint density at radius 1 is 1.13 bits per heavy atom. The first kappa shape index (κ1) is 28.3. The Bertz CT molecular complexity index is 1330. The number of primary amides is 1. The summed E-state index contributed by atoms with van der Waals surface area (Å²) < 4.78 is 12.0. The van der Waals surface area contributed by atoms with Gasteiger partial charge in [0.15, 0.2) is 5.82 Å². The van der Waals surface area contributed by atoms with E-state index < -0.39 is 0 Å². The number of carbonyl (C=O) groups is 1. The molecule has 3 heterocycles. The molecule has 1 aliphatic rings. The third-order valence-corrected chi connectivity index (χ3v) is 7.39. The molecule has 1 amide bonds. The summed E-state index contributed by atoms with van der Waals surface area (Å²) in [6, 6.07) is 10.3. The summed E-state index contributed by atoms with van der Waals surface area (Å²) in [5.74, 6) is 2.78. The molecule has 2 aromatic heterocycles. The second-order valence-corrected chi connectivity index (χ2v) is 10.7. The fourth-order valence-corrected chi connectivity index (χ4v) is 5.03. The van der Waals surface area contributed by atoms with Gasteiger partial charge in [-0.2, -0.15) is 0 Å². The molecule has 9 nitrogen and oxygen atoms in total. The van der Waals surface area contributed by atoms with Gasteiger partial charge in [0.05, 0.1) is 30.5 Å². The normalized spacial score (nSPS) is 17.9. The number of pyridine rings is 1. The zero-order valence-electron chi connectivity index (χ0n) is 24.1. The van der Waals surface area contributed by atoms with Crippen LogP contribution in [-0.4, -0.2) is 64.6 Å². The van der Waals surface area contributed by atoms with Crippen LogP contribution >= 0.6 is 0 Å². The summed E-state index contributed by atoms with van der Waals surface area (Å²) in [6.07, 6.45) is 1.69. The van der Waals surface area contributed by atoms with Gasteiger partial charge in [-0.25, -0.2) is 15.0 Å². The highest BCUT2D eigenvalue weighted by molar-refractivity contribution is 5.76. The number of amides is 1. The Morgan fingerprint density at radius 3 is 2.59 bits per heavy atom. The van der Waals surface area contributed by atoms with Crippen molar-refractivity contribution in [2.45, 2.75) is 66.2 Å². The zero-order valence-corrected chi connectivity index (χ0v) is 24.1. The molecule has 0 bridgehead atoms. The van der Waals surface area contributed by atoms with E-state index in [2.05, 4.69) is 67.6 Å². The second-order valence-electron chi connectivity index (χ2n) is 10.7. The summed E-state index contributed by atoms with van der Waals surface area (Å²) >= 11 is 0. The van der Waals surface area contributed by atoms with Crippen LogP contribution in [0.5, 0.6) is 11.6 Å². The summed E-state index contributed by atoms with van der Waals surface area (Å²) in [5, 5.41) is 0. The van der Waals surface area contributed by atoms with Crippen molar-refractivity contribution >= 4 is 11.7 Å². The van der Waals surface area contributed by atoms with Gasteiger partial charge in [0, 0.05) is 31.4 Å². The number of rotatable bonds is 9. The van der Waals surface area contributed by atoms with Crippen molar-refractivity contribution < 1.29 is 14.3 Å². The number of aryl methyl sites for hydroxylation is 2. The average Bonchev–Trinajstić information content (AvgIpc) is 2.90. The van der Waals surface area contributed by atoms with Crippen molar-refractivity contribution in [2.24, 2.45) is 5.73 Å². The molecule has 2 N–H and O–H groups in total. The summed E-state index contributed by atoms with van der Waals surface area (Å²) in [4.78, 5) is 30.4. The maximum absolute atomic E-state index is 11.7. The number of methoxy groups -OCH3 is 1. The molecule has 1 fully saturated rings. The van der Waals surface area contributed by atoms with Crippen LogP contribution in [0.15, 0.2) is 36.5 Å². The first-order chi connectivity index (χ1) is 18.6. The quantitative estimate of drug-likeness (QED) is 0.436. The Kier molecular flexibility index (Phi) is 8.70. The molecule has 39 heavy (non-hydrogen) atoms. The van der Waals surface area contributed by atoms with Gasteiger partial charge < -0.3 is 20.1 Å². The molecule has 0 aliphatic carbocycles. The number of nitrogens with zero attached hydrogens (tertiary/aromatic N) is 5. The Balaban J connectivity index is 1.76. The van der Waals surface area contributed by atoms with Gasteiger partial charge in [-0.3, -0.25) is 9.69 Å². The van der Waals surface area contributed by atoms with Crippen molar-refractivity contribution in [1.29, 1.82) is 0 Å². The van der Waals surface area contributed by atoms with Crippen LogP contribution in [0.2, 0.25) is 0 Å². The highest BCUT2D eigenvalue weighted by Gasteiger charge is 2.33. The number of anilines is 1. The molecule has 0 unspecified atom stereocenters. The maximum Gasteiger partial charge on any atom is 0.231 e. The molecule has 3 aromatic rings. The Hall–Kier alpha value is -3.72. The minimum absolute atomic E-state index is 0.0863. The molecule has 1 aliphatic heterocycles. The lowest BCUT2D eigenvalue weighted by molar-refractivity contribution is -0.119. The van der Waals surface area contributed by atoms with Crippen LogP contribution in [-0.2, 0) is 11.4 Å². The molecule has 9 heteroatoms. The SMILES string of the molecule is COc1ncccc1-c1nc(C)c(COc2cc(C(C)C)ccc2C)c(N2C[C@@H](C)N(CC(N)=O)C[C@@H]2C)n1. The highest BCUT2D eigenvalue weighted by Crippen LogP contribution is 2.33. The lowest BCUT2D eigenvalue weighted by Gasteiger charge is -2.45. The minimum Gasteiger partial charge on any atom is -0.488 e. The predicted molar refractivity (Wildman–Crippen MR) is 153 cm³/mol. The van der Waals surface area contributed by atoms with E-state index in [0.29, 0.717) is 37.3 Å². The van der Waals surface area contributed by atoms with E-state index >= 15 is 0 Å². The van der Waals surface area contributed by atoms with Crippen LogP contribution in [0, 0.1) is 13.8 Å². The maximum atomic E-state index is 11.7. The molecule has 1 aromatic carbocycles. The van der Waals surface area contributed by atoms with Crippen LogP contribution in [0.3, 0.4) is 0 Å². The smallest absolute Gasteiger partial charge is 0.231 e. The van der Waals surface area contributed by atoms with Crippen molar-refractivity contribution in [3.63, 3.8) is 0 Å². The van der Waals surface area contributed by atoms with Crippen molar-refractivity contribution in [1.82, 2.24) is 19.9 Å². The lowest BCUT2D eigenvalue weighted by Crippen LogP contribution is -2.58. The van der Waals surface area contributed by atoms with Gasteiger partial charge in [0.1, 0.15) is 18.2 Å². The summed E-state index contributed by atoms with van der Waals surface area (Å²) in [5.41, 5.74) is 10.3. The number of piperazine rings is 1. The zero-order chi connectivity index (χ0) is 28.3. The molecule has 208 valence electrons. The van der Waals surface area contributed by atoms with Crippen LogP contribution < -0.4 is 20.1 Å².